The zero-order valence-electron chi connectivity index (χ0n) is 14.0. The van der Waals surface area contributed by atoms with Crippen LogP contribution in [0.25, 0.3) is 11.1 Å². The van der Waals surface area contributed by atoms with E-state index in [0.717, 1.165) is 27.8 Å². The summed E-state index contributed by atoms with van der Waals surface area (Å²) in [6, 6.07) is 18.2. The molecule has 0 radical (unpaired) electrons. The first-order chi connectivity index (χ1) is 12.7. The molecule has 2 aliphatic rings. The van der Waals surface area contributed by atoms with Crippen LogP contribution in [0, 0.1) is 5.82 Å². The monoisotopic (exact) mass is 346 g/mol. The minimum atomic E-state index is -0.365. The molecule has 5 rings (SSSR count). The van der Waals surface area contributed by atoms with Crippen molar-refractivity contribution >= 4 is 5.97 Å². The summed E-state index contributed by atoms with van der Waals surface area (Å²) in [7, 11) is 1.37. The Kier molecular flexibility index (Phi) is 3.24. The minimum Gasteiger partial charge on any atom is -0.465 e. The first-order valence-corrected chi connectivity index (χ1v) is 8.44. The maximum absolute atomic E-state index is 14.2. The number of hydrogen-bond acceptors (Lipinski definition) is 3. The quantitative estimate of drug-likeness (QED) is 0.625. The van der Waals surface area contributed by atoms with Gasteiger partial charge in [-0.2, -0.15) is 0 Å². The maximum atomic E-state index is 14.2. The molecule has 4 heteroatoms. The van der Waals surface area contributed by atoms with Gasteiger partial charge in [0.05, 0.1) is 12.7 Å². The van der Waals surface area contributed by atoms with Crippen molar-refractivity contribution in [1.29, 1.82) is 0 Å². The third-order valence-corrected chi connectivity index (χ3v) is 5.18. The first kappa shape index (κ1) is 15.3. The van der Waals surface area contributed by atoms with Crippen molar-refractivity contribution in [3.8, 4) is 11.1 Å². The van der Waals surface area contributed by atoms with Crippen LogP contribution in [0.2, 0.25) is 0 Å². The zero-order chi connectivity index (χ0) is 17.8. The summed E-state index contributed by atoms with van der Waals surface area (Å²) in [6.07, 6.45) is -0.368. The van der Waals surface area contributed by atoms with Crippen LogP contribution in [0.1, 0.15) is 44.8 Å². The Morgan fingerprint density at radius 2 is 1.62 bits per heavy atom. The molecular weight excluding hydrogens is 331 g/mol. The summed E-state index contributed by atoms with van der Waals surface area (Å²) >= 11 is 0. The summed E-state index contributed by atoms with van der Waals surface area (Å²) in [5.74, 6) is -0.610. The van der Waals surface area contributed by atoms with Gasteiger partial charge in [-0.15, -0.1) is 0 Å². The van der Waals surface area contributed by atoms with Gasteiger partial charge in [0.2, 0.25) is 0 Å². The van der Waals surface area contributed by atoms with E-state index < -0.39 is 0 Å². The number of carbonyl (C=O) groups is 1. The number of esters is 1. The van der Waals surface area contributed by atoms with Crippen LogP contribution in [0.15, 0.2) is 60.7 Å². The second-order valence-electron chi connectivity index (χ2n) is 6.55. The van der Waals surface area contributed by atoms with E-state index in [1.165, 1.54) is 13.2 Å². The SMILES string of the molecule is COC(=O)c1ccc2c(c1)C1OC2c2ccc(-c3ccccc3F)cc21. The molecule has 2 atom stereocenters. The van der Waals surface area contributed by atoms with Crippen molar-refractivity contribution in [2.24, 2.45) is 0 Å². The predicted octanol–water partition coefficient (Wildman–Crippen LogP) is 4.80. The van der Waals surface area contributed by atoms with Gasteiger partial charge >= 0.3 is 5.97 Å². The van der Waals surface area contributed by atoms with Crippen LogP contribution in [-0.2, 0) is 9.47 Å². The fraction of sp³-hybridized carbons (Fsp3) is 0.136. The molecule has 0 spiro atoms. The summed E-state index contributed by atoms with van der Waals surface area (Å²) in [5.41, 5.74) is 6.10. The molecule has 2 unspecified atom stereocenters. The smallest absolute Gasteiger partial charge is 0.337 e. The van der Waals surface area contributed by atoms with Gasteiger partial charge in [0.15, 0.2) is 0 Å². The number of hydrogen-bond donors (Lipinski definition) is 0. The second kappa shape index (κ2) is 5.51. The highest BCUT2D eigenvalue weighted by Gasteiger charge is 2.43. The lowest BCUT2D eigenvalue weighted by molar-refractivity contribution is 0.0600. The highest BCUT2D eigenvalue weighted by atomic mass is 19.1. The Labute approximate surface area is 150 Å². The molecule has 3 aromatic rings. The number of halogens is 1. The topological polar surface area (TPSA) is 35.5 Å². The number of methoxy groups -OCH3 is 1. The van der Waals surface area contributed by atoms with Crippen molar-refractivity contribution in [3.63, 3.8) is 0 Å². The molecule has 3 aromatic carbocycles. The Bertz CT molecular complexity index is 1060. The van der Waals surface area contributed by atoms with Crippen molar-refractivity contribution in [2.75, 3.05) is 7.11 Å². The molecule has 3 nitrogen and oxygen atoms in total. The van der Waals surface area contributed by atoms with E-state index in [2.05, 4.69) is 0 Å². The summed E-state index contributed by atoms with van der Waals surface area (Å²) < 4.78 is 25.1. The normalized spacial score (nSPS) is 19.2. The molecule has 26 heavy (non-hydrogen) atoms. The lowest BCUT2D eigenvalue weighted by Crippen LogP contribution is -2.07. The van der Waals surface area contributed by atoms with E-state index in [1.54, 1.807) is 18.2 Å². The zero-order valence-corrected chi connectivity index (χ0v) is 14.0. The van der Waals surface area contributed by atoms with Crippen molar-refractivity contribution < 1.29 is 18.7 Å². The van der Waals surface area contributed by atoms with Crippen LogP contribution in [0.4, 0.5) is 4.39 Å². The number of rotatable bonds is 2. The largest absolute Gasteiger partial charge is 0.465 e. The highest BCUT2D eigenvalue weighted by molar-refractivity contribution is 5.90. The molecule has 0 N–H and O–H groups in total. The lowest BCUT2D eigenvalue weighted by atomic mass is 9.84. The minimum absolute atomic E-state index is 0.133. The van der Waals surface area contributed by atoms with E-state index in [0.29, 0.717) is 11.1 Å². The number of fused-ring (bicyclic) bond motifs is 8. The number of ether oxygens (including phenoxy) is 2. The Morgan fingerprint density at radius 1 is 0.923 bits per heavy atom. The molecule has 2 heterocycles. The van der Waals surface area contributed by atoms with Crippen molar-refractivity contribution in [2.45, 2.75) is 12.2 Å². The third kappa shape index (κ3) is 2.06. The average Bonchev–Trinajstić information content (AvgIpc) is 3.24. The Balaban J connectivity index is 1.60. The van der Waals surface area contributed by atoms with E-state index in [9.17, 15) is 9.18 Å². The fourth-order valence-electron chi connectivity index (χ4n) is 3.95. The molecule has 0 saturated carbocycles. The Hall–Kier alpha value is -2.98. The standard InChI is InChI=1S/C22H15FO3/c1-25-22(24)13-7-9-16-18(11-13)21-17-10-12(6-8-15(17)20(16)26-21)14-4-2-3-5-19(14)23/h2-11,20-21H,1H3. The summed E-state index contributed by atoms with van der Waals surface area (Å²) in [5, 5.41) is 0. The van der Waals surface area contributed by atoms with Crippen molar-refractivity contribution in [3.05, 3.63) is 94.3 Å². The van der Waals surface area contributed by atoms with Crippen LogP contribution >= 0.6 is 0 Å². The van der Waals surface area contributed by atoms with Gasteiger partial charge in [-0.1, -0.05) is 36.4 Å². The van der Waals surface area contributed by atoms with E-state index in [4.69, 9.17) is 9.47 Å². The maximum Gasteiger partial charge on any atom is 0.337 e. The molecule has 0 amide bonds. The van der Waals surface area contributed by atoms with Gasteiger partial charge in [0, 0.05) is 5.56 Å². The summed E-state index contributed by atoms with van der Waals surface area (Å²) in [4.78, 5) is 11.8. The number of carbonyl (C=O) groups excluding carboxylic acids is 1. The molecular formula is C22H15FO3. The average molecular weight is 346 g/mol. The molecule has 0 aromatic heterocycles. The highest BCUT2D eigenvalue weighted by Crippen LogP contribution is 2.54. The molecule has 0 saturated heterocycles. The molecule has 2 bridgehead atoms. The second-order valence-corrected chi connectivity index (χ2v) is 6.55. The van der Waals surface area contributed by atoms with Gasteiger partial charge in [-0.05, 0) is 52.1 Å². The van der Waals surface area contributed by atoms with E-state index in [1.807, 2.05) is 36.4 Å². The fourth-order valence-corrected chi connectivity index (χ4v) is 3.95. The van der Waals surface area contributed by atoms with Gasteiger partial charge < -0.3 is 9.47 Å². The van der Waals surface area contributed by atoms with Crippen LogP contribution in [-0.4, -0.2) is 13.1 Å². The molecule has 0 fully saturated rings. The van der Waals surface area contributed by atoms with Crippen LogP contribution in [0.5, 0.6) is 0 Å². The lowest BCUT2D eigenvalue weighted by Gasteiger charge is -2.17. The van der Waals surface area contributed by atoms with E-state index >= 15 is 0 Å². The van der Waals surface area contributed by atoms with Crippen LogP contribution in [0.3, 0.4) is 0 Å². The van der Waals surface area contributed by atoms with Gasteiger partial charge in [0.1, 0.15) is 18.0 Å². The number of benzene rings is 3. The van der Waals surface area contributed by atoms with Gasteiger partial charge in [0.25, 0.3) is 0 Å². The van der Waals surface area contributed by atoms with Gasteiger partial charge in [-0.25, -0.2) is 9.18 Å². The third-order valence-electron chi connectivity index (χ3n) is 5.18. The first-order valence-electron chi connectivity index (χ1n) is 8.44. The molecule has 2 aliphatic heterocycles. The summed E-state index contributed by atoms with van der Waals surface area (Å²) in [6.45, 7) is 0. The van der Waals surface area contributed by atoms with E-state index in [-0.39, 0.29) is 24.0 Å². The van der Waals surface area contributed by atoms with Crippen molar-refractivity contribution in [1.82, 2.24) is 0 Å². The van der Waals surface area contributed by atoms with Gasteiger partial charge in [-0.3, -0.25) is 0 Å². The Morgan fingerprint density at radius 3 is 2.38 bits per heavy atom. The molecule has 128 valence electrons. The van der Waals surface area contributed by atoms with Crippen LogP contribution < -0.4 is 0 Å². The molecule has 0 aliphatic carbocycles. The predicted molar refractivity (Wildman–Crippen MR) is 94.4 cm³/mol.